The first-order chi connectivity index (χ1) is 8.19. The van der Waals surface area contributed by atoms with Crippen molar-refractivity contribution in [1.29, 1.82) is 0 Å². The number of anilines is 1. The van der Waals surface area contributed by atoms with Crippen LogP contribution in [0.3, 0.4) is 0 Å². The summed E-state index contributed by atoms with van der Waals surface area (Å²) in [6.07, 6.45) is 0. The van der Waals surface area contributed by atoms with E-state index in [4.69, 9.17) is 33.3 Å². The molecule has 0 bridgehead atoms. The van der Waals surface area contributed by atoms with Crippen molar-refractivity contribution in [3.63, 3.8) is 0 Å². The van der Waals surface area contributed by atoms with Crippen molar-refractivity contribution in [2.24, 2.45) is 10.3 Å². The number of nitrogens with one attached hydrogen (secondary N) is 2. The number of guanidine groups is 1. The molecule has 0 unspecified atom stereocenters. The minimum absolute atomic E-state index is 0. The molecule has 0 atom stereocenters. The number of aliphatic imine (C=N–C) groups is 1. The van der Waals surface area contributed by atoms with Gasteiger partial charge in [0.25, 0.3) is 0 Å². The summed E-state index contributed by atoms with van der Waals surface area (Å²) in [5, 5.41) is 16.3. The molecule has 1 aromatic rings. The molecule has 18 heavy (non-hydrogen) atoms. The third-order valence-corrected chi connectivity index (χ3v) is 2.51. The van der Waals surface area contributed by atoms with Gasteiger partial charge in [0.1, 0.15) is 0 Å². The zero-order valence-electron chi connectivity index (χ0n) is 9.61. The molecule has 0 fully saturated rings. The normalized spacial score (nSPS) is 12.2. The monoisotopic (exact) mass is 298 g/mol. The predicted molar refractivity (Wildman–Crippen MR) is 69.6 cm³/mol. The van der Waals surface area contributed by atoms with Gasteiger partial charge in [-0.1, -0.05) is 29.3 Å². The Balaban J connectivity index is 0.000000660. The largest absolute Gasteiger partial charge is 1.00 e. The fourth-order valence-corrected chi connectivity index (χ4v) is 1.71. The molecular formula is C9H9Cl2N4NaO2. The van der Waals surface area contributed by atoms with Gasteiger partial charge in [0.2, 0.25) is 0 Å². The van der Waals surface area contributed by atoms with Gasteiger partial charge in [0.05, 0.1) is 22.3 Å². The SMILES string of the molecule is Clc1cccc(Cl)c1NC1=NCCN1.O=N[O-].[Na+]. The standard InChI is InChI=1S/C9H9Cl2N3.HNO2.Na/c10-6-2-1-3-7(11)8(6)14-9-12-4-5-13-9;2-1-3;/h1-3H,4-5H2,(H2,12,13,14);(H,2,3);/q;;+1/p-1. The van der Waals surface area contributed by atoms with Crippen LogP contribution in [0.5, 0.6) is 0 Å². The van der Waals surface area contributed by atoms with Gasteiger partial charge in [-0.3, -0.25) is 4.99 Å². The van der Waals surface area contributed by atoms with Crippen LogP contribution in [0, 0.1) is 10.1 Å². The van der Waals surface area contributed by atoms with Crippen LogP contribution in [-0.4, -0.2) is 19.0 Å². The first-order valence-electron chi connectivity index (χ1n) is 4.63. The van der Waals surface area contributed by atoms with Crippen molar-refractivity contribution >= 4 is 34.8 Å². The molecule has 0 saturated carbocycles. The van der Waals surface area contributed by atoms with Crippen LogP contribution in [-0.2, 0) is 0 Å². The van der Waals surface area contributed by atoms with E-state index in [2.05, 4.69) is 15.6 Å². The van der Waals surface area contributed by atoms with E-state index in [1.54, 1.807) is 18.2 Å². The molecule has 1 aliphatic rings. The van der Waals surface area contributed by atoms with Gasteiger partial charge in [0.15, 0.2) is 5.96 Å². The first-order valence-corrected chi connectivity index (χ1v) is 5.39. The minimum atomic E-state index is 0. The van der Waals surface area contributed by atoms with E-state index in [1.165, 1.54) is 0 Å². The summed E-state index contributed by atoms with van der Waals surface area (Å²) < 4.78 is 0. The van der Waals surface area contributed by atoms with E-state index >= 15 is 0 Å². The summed E-state index contributed by atoms with van der Waals surface area (Å²) in [4.78, 5) is 12.2. The van der Waals surface area contributed by atoms with Crippen molar-refractivity contribution < 1.29 is 29.6 Å². The Hall–Kier alpha value is -0.530. The summed E-state index contributed by atoms with van der Waals surface area (Å²) in [5.74, 6) is 0.722. The van der Waals surface area contributed by atoms with E-state index in [0.29, 0.717) is 15.7 Å². The Kier molecular flexibility index (Phi) is 9.13. The number of hydrogen-bond acceptors (Lipinski definition) is 6. The smallest absolute Gasteiger partial charge is 0.444 e. The second kappa shape index (κ2) is 9.41. The summed E-state index contributed by atoms with van der Waals surface area (Å²) in [6, 6.07) is 5.37. The van der Waals surface area contributed by atoms with Crippen molar-refractivity contribution in [2.75, 3.05) is 18.4 Å². The van der Waals surface area contributed by atoms with Gasteiger partial charge in [-0.05, 0) is 12.1 Å². The summed E-state index contributed by atoms with van der Waals surface area (Å²) in [6.45, 7) is 1.63. The van der Waals surface area contributed by atoms with Crippen LogP contribution in [0.25, 0.3) is 0 Å². The number of benzene rings is 1. The van der Waals surface area contributed by atoms with Gasteiger partial charge >= 0.3 is 29.6 Å². The van der Waals surface area contributed by atoms with Crippen molar-refractivity contribution in [1.82, 2.24) is 5.32 Å². The number of nitrogens with zero attached hydrogens (tertiary/aromatic N) is 2. The van der Waals surface area contributed by atoms with Gasteiger partial charge in [-0.15, -0.1) is 5.34 Å². The average Bonchev–Trinajstić information content (AvgIpc) is 2.77. The zero-order chi connectivity index (χ0) is 12.7. The average molecular weight is 299 g/mol. The Morgan fingerprint density at radius 1 is 1.39 bits per heavy atom. The molecule has 92 valence electrons. The number of hydrogen-bond donors (Lipinski definition) is 2. The Labute approximate surface area is 136 Å². The summed E-state index contributed by atoms with van der Waals surface area (Å²) in [7, 11) is 0. The van der Waals surface area contributed by atoms with E-state index < -0.39 is 0 Å². The minimum Gasteiger partial charge on any atom is -0.444 e. The molecule has 0 spiro atoms. The van der Waals surface area contributed by atoms with Gasteiger partial charge in [-0.2, -0.15) is 0 Å². The van der Waals surface area contributed by atoms with Gasteiger partial charge < -0.3 is 20.7 Å². The topological polar surface area (TPSA) is 88.9 Å². The number of rotatable bonds is 1. The maximum Gasteiger partial charge on any atom is 1.00 e. The van der Waals surface area contributed by atoms with Gasteiger partial charge in [-0.25, -0.2) is 0 Å². The summed E-state index contributed by atoms with van der Waals surface area (Å²) in [5.41, 5.74) is 0.698. The predicted octanol–water partition coefficient (Wildman–Crippen LogP) is -0.381. The van der Waals surface area contributed by atoms with Crippen molar-refractivity contribution in [3.05, 3.63) is 38.4 Å². The Morgan fingerprint density at radius 3 is 2.39 bits per heavy atom. The van der Waals surface area contributed by atoms with Crippen molar-refractivity contribution in [2.45, 2.75) is 0 Å². The van der Waals surface area contributed by atoms with Crippen LogP contribution in [0.2, 0.25) is 10.0 Å². The van der Waals surface area contributed by atoms with Crippen molar-refractivity contribution in [3.8, 4) is 0 Å². The first kappa shape index (κ1) is 17.5. The molecule has 0 aliphatic carbocycles. The molecule has 6 nitrogen and oxygen atoms in total. The second-order valence-electron chi connectivity index (χ2n) is 2.95. The third-order valence-electron chi connectivity index (χ3n) is 1.88. The Morgan fingerprint density at radius 2 is 1.94 bits per heavy atom. The Bertz CT molecular complexity index is 411. The van der Waals surface area contributed by atoms with Crippen LogP contribution >= 0.6 is 23.2 Å². The maximum atomic E-state index is 8.00. The molecule has 1 aliphatic heterocycles. The van der Waals surface area contributed by atoms with E-state index in [1.807, 2.05) is 0 Å². The van der Waals surface area contributed by atoms with Crippen LogP contribution < -0.4 is 40.2 Å². The van der Waals surface area contributed by atoms with Gasteiger partial charge in [0, 0.05) is 6.54 Å². The molecule has 0 aromatic heterocycles. The fraction of sp³-hybridized carbons (Fsp3) is 0.222. The number of para-hydroxylation sites is 1. The molecule has 2 N–H and O–H groups in total. The molecule has 9 heteroatoms. The molecule has 0 amide bonds. The number of halogens is 2. The van der Waals surface area contributed by atoms with E-state index in [0.717, 1.165) is 24.4 Å². The van der Waals surface area contributed by atoms with Crippen LogP contribution in [0.1, 0.15) is 0 Å². The maximum absolute atomic E-state index is 8.00. The molecular weight excluding hydrogens is 290 g/mol. The molecule has 0 saturated heterocycles. The molecule has 2 rings (SSSR count). The summed E-state index contributed by atoms with van der Waals surface area (Å²) >= 11 is 12.0. The van der Waals surface area contributed by atoms with E-state index in [9.17, 15) is 0 Å². The third kappa shape index (κ3) is 5.41. The van der Waals surface area contributed by atoms with Crippen LogP contribution in [0.15, 0.2) is 28.5 Å². The fourth-order valence-electron chi connectivity index (χ4n) is 1.22. The quantitative estimate of drug-likeness (QED) is 0.420. The zero-order valence-corrected chi connectivity index (χ0v) is 13.1. The van der Waals surface area contributed by atoms with E-state index in [-0.39, 0.29) is 29.6 Å². The second-order valence-corrected chi connectivity index (χ2v) is 3.77. The molecule has 1 aromatic carbocycles. The molecule has 1 heterocycles. The van der Waals surface area contributed by atoms with Crippen LogP contribution in [0.4, 0.5) is 5.69 Å². The molecule has 0 radical (unpaired) electrons.